The van der Waals surface area contributed by atoms with Gasteiger partial charge in [-0.1, -0.05) is 0 Å². The molecule has 27 heavy (non-hydrogen) atoms. The van der Waals surface area contributed by atoms with Crippen LogP contribution in [-0.4, -0.2) is 67.0 Å². The molecule has 0 aliphatic carbocycles. The number of rotatable bonds is 10. The average molecular weight is 398 g/mol. The van der Waals surface area contributed by atoms with Crippen molar-refractivity contribution in [2.75, 3.05) is 42.6 Å². The van der Waals surface area contributed by atoms with Crippen LogP contribution >= 0.6 is 0 Å². The minimum atomic E-state index is -3.59. The van der Waals surface area contributed by atoms with Gasteiger partial charge in [0.05, 0.1) is 5.75 Å². The lowest BCUT2D eigenvalue weighted by Crippen LogP contribution is -2.44. The minimum Gasteiger partial charge on any atom is -0.369 e. The molecule has 2 heterocycles. The number of carbonyl (C=O) groups excluding carboxylic acids is 2. The summed E-state index contributed by atoms with van der Waals surface area (Å²) in [5, 5.41) is 6.06. The summed E-state index contributed by atoms with van der Waals surface area (Å²) in [5.41, 5.74) is 0.792. The zero-order chi connectivity index (χ0) is 19.9. The molecule has 0 spiro atoms. The largest absolute Gasteiger partial charge is 0.369 e. The molecular formula is C16H26N6O4S. The third kappa shape index (κ3) is 6.75. The predicted octanol–water partition coefficient (Wildman–Crippen LogP) is 0.0872. The van der Waals surface area contributed by atoms with Gasteiger partial charge in [-0.2, -0.15) is 4.98 Å². The molecular weight excluding hydrogens is 372 g/mol. The van der Waals surface area contributed by atoms with Gasteiger partial charge in [-0.3, -0.25) is 14.5 Å². The van der Waals surface area contributed by atoms with Crippen LogP contribution in [0.1, 0.15) is 31.9 Å². The van der Waals surface area contributed by atoms with Crippen LogP contribution in [0, 0.1) is 6.92 Å². The second-order valence-corrected chi connectivity index (χ2v) is 8.11. The molecule has 1 aromatic heterocycles. The Morgan fingerprint density at radius 1 is 1.11 bits per heavy atom. The normalized spacial score (nSPS) is 15.1. The summed E-state index contributed by atoms with van der Waals surface area (Å²) < 4.78 is 26.6. The number of likely N-dealkylation sites (tertiary alicyclic amines) is 1. The van der Waals surface area contributed by atoms with Crippen LogP contribution in [0.2, 0.25) is 0 Å². The SMILES string of the molecule is CCNc1nc(C)cc(NCCNS(=O)(=O)CCN2C(=O)CCCC2=O)n1. The molecule has 0 bridgehead atoms. The molecule has 150 valence electrons. The molecule has 0 saturated carbocycles. The number of hydrogen-bond acceptors (Lipinski definition) is 8. The number of hydrogen-bond donors (Lipinski definition) is 3. The fraction of sp³-hybridized carbons (Fsp3) is 0.625. The van der Waals surface area contributed by atoms with Crippen molar-refractivity contribution < 1.29 is 18.0 Å². The molecule has 2 rings (SSSR count). The number of carbonyl (C=O) groups is 2. The molecule has 1 fully saturated rings. The van der Waals surface area contributed by atoms with Gasteiger partial charge in [0.2, 0.25) is 27.8 Å². The Balaban J connectivity index is 1.77. The first kappa shape index (κ1) is 21.0. The Morgan fingerprint density at radius 2 is 1.81 bits per heavy atom. The van der Waals surface area contributed by atoms with Gasteiger partial charge >= 0.3 is 0 Å². The van der Waals surface area contributed by atoms with E-state index in [1.165, 1.54) is 0 Å². The van der Waals surface area contributed by atoms with E-state index in [2.05, 4.69) is 25.3 Å². The van der Waals surface area contributed by atoms with Crippen LogP contribution in [0.4, 0.5) is 11.8 Å². The molecule has 0 atom stereocenters. The lowest BCUT2D eigenvalue weighted by molar-refractivity contribution is -0.147. The Hall–Kier alpha value is -2.27. The molecule has 11 heteroatoms. The Bertz CT molecular complexity index is 767. The third-order valence-electron chi connectivity index (χ3n) is 3.91. The highest BCUT2D eigenvalue weighted by Gasteiger charge is 2.27. The van der Waals surface area contributed by atoms with E-state index < -0.39 is 10.0 Å². The number of aromatic nitrogens is 2. The molecule has 1 aliphatic heterocycles. The van der Waals surface area contributed by atoms with Crippen LogP contribution in [0.5, 0.6) is 0 Å². The van der Waals surface area contributed by atoms with Gasteiger partial charge in [0.25, 0.3) is 0 Å². The fourth-order valence-corrected chi connectivity index (χ4v) is 3.61. The fourth-order valence-electron chi connectivity index (χ4n) is 2.63. The van der Waals surface area contributed by atoms with Gasteiger partial charge in [-0.05, 0) is 20.3 Å². The summed E-state index contributed by atoms with van der Waals surface area (Å²) in [4.78, 5) is 33.0. The Labute approximate surface area is 159 Å². The van der Waals surface area contributed by atoms with E-state index in [0.717, 1.165) is 10.6 Å². The first-order valence-electron chi connectivity index (χ1n) is 8.94. The van der Waals surface area contributed by atoms with Gasteiger partial charge < -0.3 is 10.6 Å². The van der Waals surface area contributed by atoms with Gasteiger partial charge in [0.1, 0.15) is 5.82 Å². The van der Waals surface area contributed by atoms with Crippen molar-refractivity contribution >= 4 is 33.6 Å². The highest BCUT2D eigenvalue weighted by atomic mass is 32.2. The summed E-state index contributed by atoms with van der Waals surface area (Å²) in [6, 6.07) is 1.77. The van der Waals surface area contributed by atoms with Crippen LogP contribution in [0.3, 0.4) is 0 Å². The molecule has 1 aliphatic rings. The molecule has 2 amide bonds. The van der Waals surface area contributed by atoms with Crippen molar-refractivity contribution in [3.05, 3.63) is 11.8 Å². The Morgan fingerprint density at radius 3 is 2.48 bits per heavy atom. The highest BCUT2D eigenvalue weighted by Crippen LogP contribution is 2.12. The lowest BCUT2D eigenvalue weighted by atomic mass is 10.1. The standard InChI is InChI=1S/C16H26N6O4S/c1-3-17-16-20-12(2)11-13(21-16)18-7-8-19-27(25,26)10-9-22-14(23)5-4-6-15(22)24/h11,19H,3-10H2,1-2H3,(H2,17,18,20,21). The minimum absolute atomic E-state index is 0.114. The van der Waals surface area contributed by atoms with E-state index in [0.29, 0.717) is 31.3 Å². The zero-order valence-corrected chi connectivity index (χ0v) is 16.4. The third-order valence-corrected chi connectivity index (χ3v) is 5.27. The van der Waals surface area contributed by atoms with E-state index >= 15 is 0 Å². The van der Waals surface area contributed by atoms with Crippen molar-refractivity contribution in [1.29, 1.82) is 0 Å². The number of nitrogens with one attached hydrogen (secondary N) is 3. The van der Waals surface area contributed by atoms with Crippen LogP contribution in [-0.2, 0) is 19.6 Å². The quantitative estimate of drug-likeness (QED) is 0.373. The van der Waals surface area contributed by atoms with Crippen molar-refractivity contribution in [3.63, 3.8) is 0 Å². The summed E-state index contributed by atoms with van der Waals surface area (Å²) in [5.74, 6) is 0.192. The number of anilines is 2. The van der Waals surface area contributed by atoms with E-state index in [1.807, 2.05) is 13.8 Å². The summed E-state index contributed by atoms with van der Waals surface area (Å²) in [6.45, 7) is 4.87. The maximum Gasteiger partial charge on any atom is 0.229 e. The lowest BCUT2D eigenvalue weighted by Gasteiger charge is -2.24. The van der Waals surface area contributed by atoms with E-state index in [4.69, 9.17) is 0 Å². The number of nitrogens with zero attached hydrogens (tertiary/aromatic N) is 3. The van der Waals surface area contributed by atoms with E-state index in [1.54, 1.807) is 6.07 Å². The molecule has 0 aromatic carbocycles. The number of imide groups is 1. The number of aryl methyl sites for hydroxylation is 1. The first-order chi connectivity index (χ1) is 12.8. The molecule has 10 nitrogen and oxygen atoms in total. The molecule has 0 radical (unpaired) electrons. The second kappa shape index (κ2) is 9.60. The zero-order valence-electron chi connectivity index (χ0n) is 15.6. The van der Waals surface area contributed by atoms with Crippen LogP contribution in [0.25, 0.3) is 0 Å². The Kier molecular flexibility index (Phi) is 7.48. The van der Waals surface area contributed by atoms with Crippen molar-refractivity contribution in [1.82, 2.24) is 19.6 Å². The van der Waals surface area contributed by atoms with Gasteiger partial charge in [-0.15, -0.1) is 0 Å². The molecule has 3 N–H and O–H groups in total. The summed E-state index contributed by atoms with van der Waals surface area (Å²) in [6.07, 6.45) is 1.11. The average Bonchev–Trinajstić information content (AvgIpc) is 2.58. The number of sulfonamides is 1. The maximum absolute atomic E-state index is 12.1. The molecule has 1 aromatic rings. The van der Waals surface area contributed by atoms with Crippen molar-refractivity contribution in [2.24, 2.45) is 0 Å². The highest BCUT2D eigenvalue weighted by molar-refractivity contribution is 7.89. The monoisotopic (exact) mass is 398 g/mol. The smallest absolute Gasteiger partial charge is 0.229 e. The topological polar surface area (TPSA) is 133 Å². The van der Waals surface area contributed by atoms with E-state index in [9.17, 15) is 18.0 Å². The van der Waals surface area contributed by atoms with Gasteiger partial charge in [0.15, 0.2) is 0 Å². The van der Waals surface area contributed by atoms with Crippen LogP contribution in [0.15, 0.2) is 6.07 Å². The van der Waals surface area contributed by atoms with Crippen molar-refractivity contribution in [2.45, 2.75) is 33.1 Å². The predicted molar refractivity (Wildman–Crippen MR) is 102 cm³/mol. The van der Waals surface area contributed by atoms with Gasteiger partial charge in [0, 0.05) is 50.8 Å². The number of amides is 2. The maximum atomic E-state index is 12.1. The second-order valence-electron chi connectivity index (χ2n) is 6.18. The van der Waals surface area contributed by atoms with Crippen molar-refractivity contribution in [3.8, 4) is 0 Å². The molecule has 1 saturated heterocycles. The first-order valence-corrected chi connectivity index (χ1v) is 10.6. The summed E-state index contributed by atoms with van der Waals surface area (Å²) in [7, 11) is -3.59. The molecule has 0 unspecified atom stereocenters. The van der Waals surface area contributed by atoms with Crippen LogP contribution < -0.4 is 15.4 Å². The number of piperidine rings is 1. The van der Waals surface area contributed by atoms with E-state index in [-0.39, 0.29) is 43.5 Å². The summed E-state index contributed by atoms with van der Waals surface area (Å²) >= 11 is 0. The van der Waals surface area contributed by atoms with Gasteiger partial charge in [-0.25, -0.2) is 18.1 Å².